The summed E-state index contributed by atoms with van der Waals surface area (Å²) in [6.45, 7) is 3.86. The van der Waals surface area contributed by atoms with Crippen LogP contribution in [0.4, 0.5) is 0 Å². The third kappa shape index (κ3) is 3.47. The van der Waals surface area contributed by atoms with Crippen molar-refractivity contribution in [2.45, 2.75) is 32.6 Å². The molecular weight excluding hydrogens is 248 g/mol. The highest BCUT2D eigenvalue weighted by Crippen LogP contribution is 2.18. The minimum absolute atomic E-state index is 0.451. The van der Waals surface area contributed by atoms with Crippen LogP contribution in [0.15, 0.2) is 48.5 Å². The Bertz CT molecular complexity index is 567. The Morgan fingerprint density at radius 2 is 1.40 bits per heavy atom. The topological polar surface area (TPSA) is 37.3 Å². The molecule has 1 unspecified atom stereocenters. The first-order valence-corrected chi connectivity index (χ1v) is 6.99. The molecule has 0 heterocycles. The van der Waals surface area contributed by atoms with E-state index in [0.717, 1.165) is 18.4 Å². The van der Waals surface area contributed by atoms with Gasteiger partial charge >= 0.3 is 5.97 Å². The van der Waals surface area contributed by atoms with E-state index in [4.69, 9.17) is 5.11 Å². The van der Waals surface area contributed by atoms with E-state index in [0.29, 0.717) is 0 Å². The Morgan fingerprint density at radius 3 is 1.85 bits per heavy atom. The van der Waals surface area contributed by atoms with Crippen LogP contribution in [-0.4, -0.2) is 11.1 Å². The average molecular weight is 268 g/mol. The van der Waals surface area contributed by atoms with E-state index < -0.39 is 11.9 Å². The van der Waals surface area contributed by atoms with Crippen molar-refractivity contribution in [2.75, 3.05) is 0 Å². The van der Waals surface area contributed by atoms with Crippen molar-refractivity contribution in [3.63, 3.8) is 0 Å². The number of carboxylic acids is 1. The van der Waals surface area contributed by atoms with E-state index >= 15 is 0 Å². The molecule has 0 aliphatic heterocycles. The van der Waals surface area contributed by atoms with E-state index in [-0.39, 0.29) is 0 Å². The van der Waals surface area contributed by atoms with E-state index in [1.54, 1.807) is 6.92 Å². The molecular formula is C18H20O2. The quantitative estimate of drug-likeness (QED) is 0.889. The molecule has 1 atom stereocenters. The Balaban J connectivity index is 2.08. The molecule has 0 bridgehead atoms. The summed E-state index contributed by atoms with van der Waals surface area (Å²) in [4.78, 5) is 10.9. The van der Waals surface area contributed by atoms with Gasteiger partial charge in [0.25, 0.3) is 0 Å². The summed E-state index contributed by atoms with van der Waals surface area (Å²) in [6, 6.07) is 16.5. The summed E-state index contributed by atoms with van der Waals surface area (Å²) >= 11 is 0. The van der Waals surface area contributed by atoms with E-state index in [1.807, 2.05) is 24.3 Å². The summed E-state index contributed by atoms with van der Waals surface area (Å²) in [7, 11) is 0. The van der Waals surface area contributed by atoms with Gasteiger partial charge in [-0.2, -0.15) is 0 Å². The van der Waals surface area contributed by atoms with Crippen molar-refractivity contribution in [1.82, 2.24) is 0 Å². The molecule has 2 nitrogen and oxygen atoms in total. The summed E-state index contributed by atoms with van der Waals surface area (Å²) < 4.78 is 0. The first kappa shape index (κ1) is 14.3. The van der Waals surface area contributed by atoms with Crippen molar-refractivity contribution in [3.8, 4) is 0 Å². The van der Waals surface area contributed by atoms with Crippen molar-refractivity contribution in [1.29, 1.82) is 0 Å². The Kier molecular flexibility index (Phi) is 4.57. The predicted molar refractivity (Wildman–Crippen MR) is 81.1 cm³/mol. The van der Waals surface area contributed by atoms with Crippen LogP contribution in [0.5, 0.6) is 0 Å². The van der Waals surface area contributed by atoms with Crippen molar-refractivity contribution >= 4 is 5.97 Å². The van der Waals surface area contributed by atoms with Gasteiger partial charge in [0.15, 0.2) is 0 Å². The Morgan fingerprint density at radius 1 is 0.950 bits per heavy atom. The van der Waals surface area contributed by atoms with Crippen LogP contribution in [0.1, 0.15) is 42.0 Å². The highest BCUT2D eigenvalue weighted by Gasteiger charge is 2.12. The van der Waals surface area contributed by atoms with Crippen molar-refractivity contribution < 1.29 is 9.90 Å². The average Bonchev–Trinajstić information content (AvgIpc) is 2.48. The lowest BCUT2D eigenvalue weighted by molar-refractivity contribution is -0.138. The standard InChI is InChI=1S/C18H20O2/c1-3-14-4-6-15(7-5-14)12-16-8-10-17(11-9-16)13(2)18(19)20/h4-11,13H,3,12H2,1-2H3,(H,19,20). The summed E-state index contributed by atoms with van der Waals surface area (Å²) in [5, 5.41) is 8.99. The third-order valence-corrected chi connectivity index (χ3v) is 3.69. The first-order valence-electron chi connectivity index (χ1n) is 6.99. The lowest BCUT2D eigenvalue weighted by Gasteiger charge is -2.08. The summed E-state index contributed by atoms with van der Waals surface area (Å²) in [6.07, 6.45) is 1.94. The molecule has 20 heavy (non-hydrogen) atoms. The number of aliphatic carboxylic acids is 1. The van der Waals surface area contributed by atoms with Crippen LogP contribution in [0.2, 0.25) is 0 Å². The number of carbonyl (C=O) groups is 1. The Hall–Kier alpha value is -2.09. The maximum absolute atomic E-state index is 10.9. The number of carboxylic acid groups (broad SMARTS) is 1. The zero-order chi connectivity index (χ0) is 14.5. The fraction of sp³-hybridized carbons (Fsp3) is 0.278. The molecule has 2 rings (SSSR count). The van der Waals surface area contributed by atoms with Gasteiger partial charge in [0.1, 0.15) is 0 Å². The maximum atomic E-state index is 10.9. The van der Waals surface area contributed by atoms with Gasteiger partial charge < -0.3 is 5.11 Å². The van der Waals surface area contributed by atoms with Crippen LogP contribution in [0.3, 0.4) is 0 Å². The number of rotatable bonds is 5. The minimum Gasteiger partial charge on any atom is -0.481 e. The summed E-state index contributed by atoms with van der Waals surface area (Å²) in [5.74, 6) is -1.24. The molecule has 2 heteroatoms. The highest BCUT2D eigenvalue weighted by molar-refractivity contribution is 5.75. The van der Waals surface area contributed by atoms with Gasteiger partial charge in [-0.3, -0.25) is 4.79 Å². The van der Waals surface area contributed by atoms with E-state index in [1.165, 1.54) is 16.7 Å². The molecule has 104 valence electrons. The smallest absolute Gasteiger partial charge is 0.310 e. The van der Waals surface area contributed by atoms with E-state index in [2.05, 4.69) is 31.2 Å². The SMILES string of the molecule is CCc1ccc(Cc2ccc(C(C)C(=O)O)cc2)cc1. The van der Waals surface area contributed by atoms with Gasteiger partial charge in [-0.1, -0.05) is 55.5 Å². The number of hydrogen-bond acceptors (Lipinski definition) is 1. The highest BCUT2D eigenvalue weighted by atomic mass is 16.4. The molecule has 0 aliphatic carbocycles. The molecule has 0 fully saturated rings. The molecule has 0 aliphatic rings. The molecule has 0 saturated heterocycles. The molecule has 2 aromatic rings. The number of aryl methyl sites for hydroxylation is 1. The lowest BCUT2D eigenvalue weighted by Crippen LogP contribution is -2.07. The monoisotopic (exact) mass is 268 g/mol. The largest absolute Gasteiger partial charge is 0.481 e. The van der Waals surface area contributed by atoms with E-state index in [9.17, 15) is 4.79 Å². The van der Waals surface area contributed by atoms with Crippen LogP contribution >= 0.6 is 0 Å². The minimum atomic E-state index is -0.784. The molecule has 0 aromatic heterocycles. The van der Waals surface area contributed by atoms with Crippen LogP contribution in [-0.2, 0) is 17.6 Å². The summed E-state index contributed by atoms with van der Waals surface area (Å²) in [5.41, 5.74) is 4.68. The van der Waals surface area contributed by atoms with Crippen LogP contribution < -0.4 is 0 Å². The normalized spacial score (nSPS) is 12.1. The van der Waals surface area contributed by atoms with Gasteiger partial charge in [0, 0.05) is 0 Å². The second-order valence-corrected chi connectivity index (χ2v) is 5.15. The van der Waals surface area contributed by atoms with Gasteiger partial charge in [0.2, 0.25) is 0 Å². The Labute approximate surface area is 120 Å². The molecule has 0 radical (unpaired) electrons. The predicted octanol–water partition coefficient (Wildman–Crippen LogP) is 4.03. The second kappa shape index (κ2) is 6.38. The van der Waals surface area contributed by atoms with Gasteiger partial charge in [-0.15, -0.1) is 0 Å². The molecule has 0 spiro atoms. The molecule has 0 saturated carbocycles. The lowest BCUT2D eigenvalue weighted by atomic mass is 9.97. The van der Waals surface area contributed by atoms with Crippen molar-refractivity contribution in [3.05, 3.63) is 70.8 Å². The fourth-order valence-corrected chi connectivity index (χ4v) is 2.20. The van der Waals surface area contributed by atoms with Gasteiger partial charge in [-0.25, -0.2) is 0 Å². The zero-order valence-electron chi connectivity index (χ0n) is 12.0. The first-order chi connectivity index (χ1) is 9.60. The molecule has 2 aromatic carbocycles. The van der Waals surface area contributed by atoms with Gasteiger partial charge in [0.05, 0.1) is 5.92 Å². The van der Waals surface area contributed by atoms with Crippen molar-refractivity contribution in [2.24, 2.45) is 0 Å². The molecule has 0 amide bonds. The molecule has 1 N–H and O–H groups in total. The van der Waals surface area contributed by atoms with Crippen LogP contribution in [0.25, 0.3) is 0 Å². The second-order valence-electron chi connectivity index (χ2n) is 5.15. The maximum Gasteiger partial charge on any atom is 0.310 e. The third-order valence-electron chi connectivity index (χ3n) is 3.69. The number of benzene rings is 2. The van der Waals surface area contributed by atoms with Crippen LogP contribution in [0, 0.1) is 0 Å². The van der Waals surface area contributed by atoms with Gasteiger partial charge in [-0.05, 0) is 42.0 Å². The fourth-order valence-electron chi connectivity index (χ4n) is 2.20. The zero-order valence-corrected chi connectivity index (χ0v) is 12.0. The number of hydrogen-bond donors (Lipinski definition) is 1.